The molecular weight excluding hydrogens is 488 g/mol. The largest absolute Gasteiger partial charge is 0.507 e. The van der Waals surface area contributed by atoms with Gasteiger partial charge in [-0.2, -0.15) is 0 Å². The Balaban J connectivity index is 1.89. The maximum absolute atomic E-state index is 13.2. The maximum atomic E-state index is 13.2. The summed E-state index contributed by atoms with van der Waals surface area (Å²) in [5.74, 6) is -2.91. The topological polar surface area (TPSA) is 127 Å². The van der Waals surface area contributed by atoms with Crippen LogP contribution < -0.4 is 4.90 Å². The van der Waals surface area contributed by atoms with Gasteiger partial charge in [-0.25, -0.2) is 4.79 Å². The van der Waals surface area contributed by atoms with E-state index in [1.165, 1.54) is 72.8 Å². The van der Waals surface area contributed by atoms with Crippen molar-refractivity contribution < 1.29 is 29.2 Å². The summed E-state index contributed by atoms with van der Waals surface area (Å²) in [5.41, 5.74) is 0.487. The summed E-state index contributed by atoms with van der Waals surface area (Å²) in [7, 11) is 0. The van der Waals surface area contributed by atoms with E-state index in [4.69, 9.17) is 16.3 Å². The minimum atomic E-state index is -1.17. The van der Waals surface area contributed by atoms with Gasteiger partial charge in [0.15, 0.2) is 0 Å². The van der Waals surface area contributed by atoms with Gasteiger partial charge in [0, 0.05) is 28.4 Å². The second-order valence-corrected chi connectivity index (χ2v) is 8.23. The first kappa shape index (κ1) is 24.6. The molecule has 1 aliphatic rings. The number of rotatable bonds is 6. The van der Waals surface area contributed by atoms with Crippen LogP contribution in [0.3, 0.4) is 0 Å². The molecule has 182 valence electrons. The Hall–Kier alpha value is -4.50. The van der Waals surface area contributed by atoms with E-state index in [-0.39, 0.29) is 40.2 Å². The summed E-state index contributed by atoms with van der Waals surface area (Å²) in [6.07, 6.45) is 0. The Bertz CT molecular complexity index is 1400. The van der Waals surface area contributed by atoms with Crippen molar-refractivity contribution in [3.05, 3.63) is 110 Å². The number of ether oxygens (including phenoxy) is 1. The number of benzene rings is 3. The number of hydrogen-bond acceptors (Lipinski definition) is 7. The number of hydrogen-bond donors (Lipinski definition) is 1. The second-order valence-electron chi connectivity index (χ2n) is 7.80. The number of esters is 1. The zero-order chi connectivity index (χ0) is 26.0. The van der Waals surface area contributed by atoms with Gasteiger partial charge in [-0.15, -0.1) is 0 Å². The molecule has 1 heterocycles. The fourth-order valence-electron chi connectivity index (χ4n) is 3.96. The molecule has 9 nitrogen and oxygen atoms in total. The van der Waals surface area contributed by atoms with Gasteiger partial charge in [0.2, 0.25) is 0 Å². The van der Waals surface area contributed by atoms with Gasteiger partial charge in [-0.3, -0.25) is 24.6 Å². The van der Waals surface area contributed by atoms with E-state index in [1.54, 1.807) is 6.92 Å². The van der Waals surface area contributed by atoms with Crippen molar-refractivity contribution in [2.75, 3.05) is 11.5 Å². The molecule has 0 bridgehead atoms. The standard InChI is InChI=1S/C26H19ClN2O7/c1-2-36-26(33)16-8-12-19(13-9-16)28-22(17-4-3-5-20(14-17)29(34)35)21(24(31)25(28)32)23(30)15-6-10-18(27)11-7-15/h3-14,22,30H,2H2,1H3/t22-/m1/s1. The van der Waals surface area contributed by atoms with Crippen LogP contribution in [-0.4, -0.2) is 34.3 Å². The lowest BCUT2D eigenvalue weighted by Gasteiger charge is -2.25. The molecule has 0 aliphatic carbocycles. The van der Waals surface area contributed by atoms with Crippen LogP contribution in [0.25, 0.3) is 5.76 Å². The molecule has 1 aliphatic heterocycles. The Morgan fingerprint density at radius 1 is 1.06 bits per heavy atom. The number of nitro benzene ring substituents is 1. The van der Waals surface area contributed by atoms with Gasteiger partial charge >= 0.3 is 5.97 Å². The molecule has 1 atom stereocenters. The number of amides is 1. The smallest absolute Gasteiger partial charge is 0.338 e. The third kappa shape index (κ3) is 4.56. The number of ketones is 1. The van der Waals surface area contributed by atoms with Crippen molar-refractivity contribution >= 4 is 46.4 Å². The molecule has 0 spiro atoms. The molecule has 36 heavy (non-hydrogen) atoms. The van der Waals surface area contributed by atoms with Gasteiger partial charge in [-0.05, 0) is 61.0 Å². The number of aliphatic hydroxyl groups excluding tert-OH is 1. The summed E-state index contributed by atoms with van der Waals surface area (Å²) in [4.78, 5) is 50.4. The monoisotopic (exact) mass is 506 g/mol. The fraction of sp³-hybridized carbons (Fsp3) is 0.115. The molecule has 1 saturated heterocycles. The van der Waals surface area contributed by atoms with Crippen molar-refractivity contribution in [2.45, 2.75) is 13.0 Å². The minimum absolute atomic E-state index is 0.187. The number of carbonyl (C=O) groups is 3. The highest BCUT2D eigenvalue weighted by Gasteiger charge is 2.47. The first-order valence-electron chi connectivity index (χ1n) is 10.8. The molecule has 1 N–H and O–H groups in total. The third-order valence-corrected chi connectivity index (χ3v) is 5.87. The number of nitro groups is 1. The summed E-state index contributed by atoms with van der Waals surface area (Å²) >= 11 is 5.93. The summed E-state index contributed by atoms with van der Waals surface area (Å²) < 4.78 is 4.98. The van der Waals surface area contributed by atoms with E-state index in [9.17, 15) is 29.6 Å². The molecular formula is C26H19ClN2O7. The van der Waals surface area contributed by atoms with Gasteiger partial charge in [0.05, 0.1) is 28.7 Å². The van der Waals surface area contributed by atoms with Gasteiger partial charge in [0.1, 0.15) is 5.76 Å². The number of halogens is 1. The zero-order valence-corrected chi connectivity index (χ0v) is 19.6. The normalized spacial score (nSPS) is 16.7. The molecule has 0 aromatic heterocycles. The van der Waals surface area contributed by atoms with E-state index in [1.807, 2.05) is 0 Å². The van der Waals surface area contributed by atoms with Crippen LogP contribution in [0.1, 0.15) is 34.5 Å². The Labute approximate surface area is 210 Å². The number of carbonyl (C=O) groups excluding carboxylic acids is 3. The van der Waals surface area contributed by atoms with E-state index in [0.717, 1.165) is 4.90 Å². The van der Waals surface area contributed by atoms with Crippen molar-refractivity contribution in [1.82, 2.24) is 0 Å². The van der Waals surface area contributed by atoms with E-state index < -0.39 is 34.4 Å². The molecule has 1 fully saturated rings. The zero-order valence-electron chi connectivity index (χ0n) is 18.9. The molecule has 3 aromatic carbocycles. The average Bonchev–Trinajstić information content (AvgIpc) is 3.14. The number of non-ortho nitro benzene ring substituents is 1. The fourth-order valence-corrected chi connectivity index (χ4v) is 4.08. The van der Waals surface area contributed by atoms with Crippen molar-refractivity contribution in [2.24, 2.45) is 0 Å². The maximum Gasteiger partial charge on any atom is 0.338 e. The number of anilines is 1. The van der Waals surface area contributed by atoms with Crippen molar-refractivity contribution in [3.63, 3.8) is 0 Å². The SMILES string of the molecule is CCOC(=O)c1ccc(N2C(=O)C(=O)C(=C(O)c3ccc(Cl)cc3)[C@H]2c2cccc([N+](=O)[O-])c2)cc1. The molecule has 0 radical (unpaired) electrons. The molecule has 3 aromatic rings. The third-order valence-electron chi connectivity index (χ3n) is 5.62. The molecule has 0 saturated carbocycles. The predicted octanol–water partition coefficient (Wildman–Crippen LogP) is 5.05. The van der Waals surface area contributed by atoms with Crippen LogP contribution in [0.5, 0.6) is 0 Å². The number of nitrogens with zero attached hydrogens (tertiary/aromatic N) is 2. The van der Waals surface area contributed by atoms with Crippen LogP contribution in [0.15, 0.2) is 78.4 Å². The first-order chi connectivity index (χ1) is 17.2. The number of Topliss-reactive ketones (excluding diaryl/α,β-unsaturated/α-hetero) is 1. The van der Waals surface area contributed by atoms with Crippen LogP contribution >= 0.6 is 11.6 Å². The van der Waals surface area contributed by atoms with Crippen molar-refractivity contribution in [1.29, 1.82) is 0 Å². The van der Waals surface area contributed by atoms with E-state index >= 15 is 0 Å². The van der Waals surface area contributed by atoms with Crippen LogP contribution in [-0.2, 0) is 14.3 Å². The second kappa shape index (κ2) is 10.0. The molecule has 0 unspecified atom stereocenters. The summed E-state index contributed by atoms with van der Waals surface area (Å²) in [5, 5.41) is 22.9. The average molecular weight is 507 g/mol. The van der Waals surface area contributed by atoms with Gasteiger partial charge in [0.25, 0.3) is 17.4 Å². The quantitative estimate of drug-likeness (QED) is 0.124. The summed E-state index contributed by atoms with van der Waals surface area (Å²) in [6.45, 7) is 1.86. The Morgan fingerprint density at radius 3 is 2.31 bits per heavy atom. The lowest BCUT2D eigenvalue weighted by Crippen LogP contribution is -2.29. The highest BCUT2D eigenvalue weighted by molar-refractivity contribution is 6.51. The van der Waals surface area contributed by atoms with Crippen LogP contribution in [0.2, 0.25) is 5.02 Å². The Morgan fingerprint density at radius 2 is 1.69 bits per heavy atom. The minimum Gasteiger partial charge on any atom is -0.507 e. The predicted molar refractivity (Wildman–Crippen MR) is 132 cm³/mol. The lowest BCUT2D eigenvalue weighted by atomic mass is 9.94. The van der Waals surface area contributed by atoms with Crippen molar-refractivity contribution in [3.8, 4) is 0 Å². The van der Waals surface area contributed by atoms with Gasteiger partial charge < -0.3 is 9.84 Å². The van der Waals surface area contributed by atoms with E-state index in [0.29, 0.717) is 5.02 Å². The lowest BCUT2D eigenvalue weighted by molar-refractivity contribution is -0.384. The molecule has 1 amide bonds. The van der Waals surface area contributed by atoms with E-state index in [2.05, 4.69) is 0 Å². The highest BCUT2D eigenvalue weighted by Crippen LogP contribution is 2.43. The number of aliphatic hydroxyl groups is 1. The van der Waals surface area contributed by atoms with Crippen LogP contribution in [0, 0.1) is 10.1 Å². The Kier molecular flexibility index (Phi) is 6.84. The summed E-state index contributed by atoms with van der Waals surface area (Å²) in [6, 6.07) is 16.1. The highest BCUT2D eigenvalue weighted by atomic mass is 35.5. The molecule has 10 heteroatoms. The molecule has 4 rings (SSSR count). The van der Waals surface area contributed by atoms with Crippen LogP contribution in [0.4, 0.5) is 11.4 Å². The first-order valence-corrected chi connectivity index (χ1v) is 11.2. The van der Waals surface area contributed by atoms with Gasteiger partial charge in [-0.1, -0.05) is 23.7 Å².